The van der Waals surface area contributed by atoms with Crippen LogP contribution in [0.15, 0.2) is 29.7 Å². The van der Waals surface area contributed by atoms with Gasteiger partial charge < -0.3 is 20.7 Å². The molecule has 0 aromatic carbocycles. The summed E-state index contributed by atoms with van der Waals surface area (Å²) in [5.41, 5.74) is 7.43. The maximum atomic E-state index is 13.1. The number of rotatable bonds is 5. The van der Waals surface area contributed by atoms with Crippen molar-refractivity contribution in [2.45, 2.75) is 68.0 Å². The van der Waals surface area contributed by atoms with E-state index < -0.39 is 15.4 Å². The van der Waals surface area contributed by atoms with Crippen LogP contribution in [0.2, 0.25) is 5.02 Å². The first-order valence-corrected chi connectivity index (χ1v) is 15.1. The number of piperidine rings is 1. The molecule has 6 heterocycles. The molecule has 0 spiro atoms. The molecule has 2 saturated heterocycles. The van der Waals surface area contributed by atoms with Gasteiger partial charge in [-0.3, -0.25) is 9.78 Å². The number of pyridine rings is 1. The molecule has 0 aliphatic carbocycles. The number of aliphatic hydroxyl groups is 1. The second-order valence-corrected chi connectivity index (χ2v) is 13.4. The number of hydrogen-bond acceptors (Lipinski definition) is 10. The number of carbonyl (C=O) groups is 1. The van der Waals surface area contributed by atoms with Gasteiger partial charge in [0.1, 0.15) is 22.6 Å². The van der Waals surface area contributed by atoms with Gasteiger partial charge in [-0.2, -0.15) is 9.61 Å². The maximum Gasteiger partial charge on any atom is 0.292 e. The molecule has 6 rings (SSSR count). The summed E-state index contributed by atoms with van der Waals surface area (Å²) in [6.07, 6.45) is 8.21. The number of aromatic amines is 1. The molecule has 0 saturated carbocycles. The lowest BCUT2D eigenvalue weighted by atomic mass is 9.87. The second kappa shape index (κ2) is 9.21. The molecule has 2 fully saturated rings. The average molecular weight is 586 g/mol. The van der Waals surface area contributed by atoms with Crippen LogP contribution < -0.4 is 5.73 Å². The number of carbonyl (C=O) groups excluding carboxylic acids is 1. The highest BCUT2D eigenvalue weighted by atomic mass is 35.5. The summed E-state index contributed by atoms with van der Waals surface area (Å²) in [4.78, 5) is 26.9. The SMILES string of the molecule is CC(C)(O)c1ncc(-c2cnn3c(N)c(S(C)(=O)=O)c([C@@H]4C[C@H]5CC[C@@H](C4)N5C(=O)c4nnc[nH]4)nc23)cc1Cl. The van der Waals surface area contributed by atoms with E-state index in [1.807, 2.05) is 4.90 Å². The Kier molecular flexibility index (Phi) is 6.12. The van der Waals surface area contributed by atoms with Crippen LogP contribution in [-0.4, -0.2) is 77.4 Å². The second-order valence-electron chi connectivity index (χ2n) is 11.0. The van der Waals surface area contributed by atoms with Gasteiger partial charge in [0, 0.05) is 41.6 Å². The minimum Gasteiger partial charge on any atom is -0.384 e. The Morgan fingerprint density at radius 1 is 1.23 bits per heavy atom. The number of H-pyrrole nitrogens is 1. The zero-order valence-electron chi connectivity index (χ0n) is 22.0. The zero-order chi connectivity index (χ0) is 28.6. The van der Waals surface area contributed by atoms with Gasteiger partial charge in [-0.25, -0.2) is 13.4 Å². The molecule has 2 aliphatic heterocycles. The number of nitrogens with two attached hydrogens (primary N) is 1. The number of aromatic nitrogens is 7. The highest BCUT2D eigenvalue weighted by molar-refractivity contribution is 7.91. The van der Waals surface area contributed by atoms with E-state index in [1.165, 1.54) is 17.0 Å². The maximum absolute atomic E-state index is 13.1. The number of nitrogen functional groups attached to an aromatic ring is 1. The summed E-state index contributed by atoms with van der Waals surface area (Å²) in [5.74, 6) is -0.321. The van der Waals surface area contributed by atoms with Crippen LogP contribution in [0.4, 0.5) is 5.82 Å². The van der Waals surface area contributed by atoms with Gasteiger partial charge in [0.25, 0.3) is 5.91 Å². The zero-order valence-corrected chi connectivity index (χ0v) is 23.6. The highest BCUT2D eigenvalue weighted by Crippen LogP contribution is 2.45. The number of fused-ring (bicyclic) bond motifs is 3. The summed E-state index contributed by atoms with van der Waals surface area (Å²) in [5, 5.41) is 22.6. The fourth-order valence-electron chi connectivity index (χ4n) is 6.08. The topological polar surface area (TPSA) is 185 Å². The average Bonchev–Trinajstić information content (AvgIpc) is 3.60. The quantitative estimate of drug-likeness (QED) is 0.314. The summed E-state index contributed by atoms with van der Waals surface area (Å²) in [6, 6.07) is 1.46. The molecule has 4 aromatic rings. The summed E-state index contributed by atoms with van der Waals surface area (Å²) < 4.78 is 27.4. The van der Waals surface area contributed by atoms with Crippen LogP contribution in [0.3, 0.4) is 0 Å². The highest BCUT2D eigenvalue weighted by Gasteiger charge is 2.46. The molecule has 1 amide bonds. The van der Waals surface area contributed by atoms with Crippen LogP contribution in [-0.2, 0) is 15.4 Å². The minimum atomic E-state index is -3.78. The Balaban J connectivity index is 1.44. The lowest BCUT2D eigenvalue weighted by molar-refractivity contribution is 0.0556. The molecule has 2 aliphatic rings. The van der Waals surface area contributed by atoms with Crippen LogP contribution in [0.25, 0.3) is 16.8 Å². The van der Waals surface area contributed by atoms with E-state index in [9.17, 15) is 18.3 Å². The van der Waals surface area contributed by atoms with Gasteiger partial charge in [-0.15, -0.1) is 10.2 Å². The van der Waals surface area contributed by atoms with Crippen molar-refractivity contribution >= 4 is 38.8 Å². The molecule has 4 N–H and O–H groups in total. The van der Waals surface area contributed by atoms with E-state index in [-0.39, 0.29) is 45.5 Å². The van der Waals surface area contributed by atoms with E-state index in [0.29, 0.717) is 41.0 Å². The predicted octanol–water partition coefficient (Wildman–Crippen LogP) is 2.33. The third kappa shape index (κ3) is 4.30. The number of nitrogens with one attached hydrogen (secondary N) is 1. The van der Waals surface area contributed by atoms with Gasteiger partial charge in [0.05, 0.1) is 22.6 Å². The first-order chi connectivity index (χ1) is 18.8. The van der Waals surface area contributed by atoms with Gasteiger partial charge in [0.2, 0.25) is 5.82 Å². The fourth-order valence-corrected chi connectivity index (χ4v) is 7.53. The Labute approximate surface area is 234 Å². The van der Waals surface area contributed by atoms with E-state index in [2.05, 4.69) is 25.3 Å². The summed E-state index contributed by atoms with van der Waals surface area (Å²) >= 11 is 6.45. The molecule has 13 nitrogen and oxygen atoms in total. The van der Waals surface area contributed by atoms with Crippen molar-refractivity contribution in [3.63, 3.8) is 0 Å². The molecule has 0 radical (unpaired) electrons. The summed E-state index contributed by atoms with van der Waals surface area (Å²) in [6.45, 7) is 3.18. The van der Waals surface area contributed by atoms with E-state index >= 15 is 0 Å². The predicted molar refractivity (Wildman–Crippen MR) is 145 cm³/mol. The molecule has 0 unspecified atom stereocenters. The van der Waals surface area contributed by atoms with Crippen LogP contribution in [0.5, 0.6) is 0 Å². The van der Waals surface area contributed by atoms with Gasteiger partial charge >= 0.3 is 0 Å². The Bertz CT molecular complexity index is 1730. The van der Waals surface area contributed by atoms with E-state index in [4.69, 9.17) is 22.3 Å². The lowest BCUT2D eigenvalue weighted by Crippen LogP contribution is -2.46. The Morgan fingerprint density at radius 3 is 2.50 bits per heavy atom. The number of sulfone groups is 1. The number of nitrogens with zero attached hydrogens (tertiary/aromatic N) is 7. The van der Waals surface area contributed by atoms with Crippen molar-refractivity contribution in [1.82, 2.24) is 39.7 Å². The van der Waals surface area contributed by atoms with Crippen molar-refractivity contribution in [2.24, 2.45) is 0 Å². The number of hydrogen-bond donors (Lipinski definition) is 3. The molecular weight excluding hydrogens is 558 g/mol. The molecular formula is C25H28ClN9O4S. The third-order valence-electron chi connectivity index (χ3n) is 7.74. The molecule has 4 aromatic heterocycles. The summed E-state index contributed by atoms with van der Waals surface area (Å²) in [7, 11) is -3.78. The van der Waals surface area contributed by atoms with E-state index in [0.717, 1.165) is 19.1 Å². The van der Waals surface area contributed by atoms with Gasteiger partial charge in [0.15, 0.2) is 15.5 Å². The normalized spacial score (nSPS) is 21.3. The van der Waals surface area contributed by atoms with Crippen LogP contribution >= 0.6 is 11.6 Å². The smallest absolute Gasteiger partial charge is 0.292 e. The number of anilines is 1. The van der Waals surface area contributed by atoms with Crippen molar-refractivity contribution < 1.29 is 18.3 Å². The molecule has 15 heteroatoms. The first kappa shape index (κ1) is 26.6. The molecule has 210 valence electrons. The largest absolute Gasteiger partial charge is 0.384 e. The fraction of sp³-hybridized carbons (Fsp3) is 0.440. The van der Waals surface area contributed by atoms with Crippen molar-refractivity contribution in [3.05, 3.63) is 47.0 Å². The molecule has 2 bridgehead atoms. The number of halogens is 1. The number of amides is 1. The third-order valence-corrected chi connectivity index (χ3v) is 9.19. The van der Waals surface area contributed by atoms with Crippen molar-refractivity contribution in [2.75, 3.05) is 12.0 Å². The van der Waals surface area contributed by atoms with Crippen molar-refractivity contribution in [3.8, 4) is 11.1 Å². The Hall–Kier alpha value is -3.62. The van der Waals surface area contributed by atoms with Gasteiger partial charge in [-0.05, 0) is 45.6 Å². The monoisotopic (exact) mass is 585 g/mol. The lowest BCUT2D eigenvalue weighted by Gasteiger charge is -2.38. The van der Waals surface area contributed by atoms with Crippen LogP contribution in [0.1, 0.15) is 67.5 Å². The first-order valence-electron chi connectivity index (χ1n) is 12.8. The minimum absolute atomic E-state index is 0.0339. The molecule has 3 atom stereocenters. The van der Waals surface area contributed by atoms with Crippen molar-refractivity contribution in [1.29, 1.82) is 0 Å². The Morgan fingerprint density at radius 2 is 1.93 bits per heavy atom. The standard InChI is InChI=1S/C25H28ClN9O4S/c1-25(2,37)20-17(26)8-13(9-28-20)16-10-31-35-21(27)19(40(3,38)39)18(32-23(16)35)12-6-14-4-5-15(7-12)34(14)24(36)22-29-11-30-33-22/h8-12,14-15,37H,4-7,27H2,1-3H3,(H,29,30,33)/t12-,14-,15+. The van der Waals surface area contributed by atoms with Crippen LogP contribution in [0, 0.1) is 0 Å². The molecule has 40 heavy (non-hydrogen) atoms. The van der Waals surface area contributed by atoms with Gasteiger partial charge in [-0.1, -0.05) is 11.6 Å². The van der Waals surface area contributed by atoms with E-state index in [1.54, 1.807) is 26.1 Å².